The van der Waals surface area contributed by atoms with Crippen molar-refractivity contribution in [2.24, 2.45) is 0 Å². The van der Waals surface area contributed by atoms with Gasteiger partial charge in [0.2, 0.25) is 0 Å². The monoisotopic (exact) mass is 324 g/mol. The Morgan fingerprint density at radius 2 is 1.91 bits per heavy atom. The van der Waals surface area contributed by atoms with Crippen LogP contribution in [0.5, 0.6) is 0 Å². The first-order valence-corrected chi connectivity index (χ1v) is 7.52. The smallest absolute Gasteiger partial charge is 0.160 e. The van der Waals surface area contributed by atoms with Crippen molar-refractivity contribution in [1.82, 2.24) is 10.2 Å². The van der Waals surface area contributed by atoms with Gasteiger partial charge in [-0.05, 0) is 37.5 Å². The molecule has 3 rings (SSSR count). The van der Waals surface area contributed by atoms with E-state index >= 15 is 0 Å². The van der Waals surface area contributed by atoms with Crippen molar-refractivity contribution in [3.8, 4) is 11.1 Å². The van der Waals surface area contributed by atoms with E-state index in [1.807, 2.05) is 0 Å². The second-order valence-electron chi connectivity index (χ2n) is 5.38. The predicted octanol–water partition coefficient (Wildman–Crippen LogP) is 4.28. The van der Waals surface area contributed by atoms with Crippen LogP contribution in [0, 0.1) is 18.6 Å². The second kappa shape index (κ2) is 6.26. The summed E-state index contributed by atoms with van der Waals surface area (Å²) >= 11 is 6.15. The van der Waals surface area contributed by atoms with Gasteiger partial charge in [-0.15, -0.1) is 5.10 Å². The minimum Gasteiger partial charge on any atom is -0.381 e. The molecule has 1 aromatic carbocycles. The van der Waals surface area contributed by atoms with Gasteiger partial charge in [-0.2, -0.15) is 5.10 Å². The fourth-order valence-corrected chi connectivity index (χ4v) is 3.19. The van der Waals surface area contributed by atoms with Crippen molar-refractivity contribution in [3.05, 3.63) is 46.2 Å². The lowest BCUT2D eigenvalue weighted by Gasteiger charge is -2.26. The van der Waals surface area contributed by atoms with Gasteiger partial charge in [0.05, 0.1) is 17.9 Å². The van der Waals surface area contributed by atoms with Gasteiger partial charge in [-0.25, -0.2) is 8.78 Å². The van der Waals surface area contributed by atoms with Crippen LogP contribution in [0.1, 0.15) is 30.0 Å². The SMILES string of the molecule is Cc1nnc(Cl)c(-c2c(F)cccc2F)c1C1CCCOC1. The lowest BCUT2D eigenvalue weighted by Crippen LogP contribution is -2.18. The molecular formula is C16H15ClF2N2O. The maximum Gasteiger partial charge on any atom is 0.160 e. The summed E-state index contributed by atoms with van der Waals surface area (Å²) in [6.45, 7) is 2.96. The predicted molar refractivity (Wildman–Crippen MR) is 79.9 cm³/mol. The highest BCUT2D eigenvalue weighted by Crippen LogP contribution is 2.40. The van der Waals surface area contributed by atoms with E-state index in [1.165, 1.54) is 18.2 Å². The molecule has 1 aromatic heterocycles. The van der Waals surface area contributed by atoms with Crippen molar-refractivity contribution < 1.29 is 13.5 Å². The molecule has 0 saturated carbocycles. The zero-order valence-electron chi connectivity index (χ0n) is 12.1. The molecule has 2 aromatic rings. The van der Waals surface area contributed by atoms with Crippen LogP contribution in [0.25, 0.3) is 11.1 Å². The quantitative estimate of drug-likeness (QED) is 0.827. The average molecular weight is 325 g/mol. The van der Waals surface area contributed by atoms with Crippen molar-refractivity contribution in [1.29, 1.82) is 0 Å². The third-order valence-corrected chi connectivity index (χ3v) is 4.20. The van der Waals surface area contributed by atoms with Crippen LogP contribution >= 0.6 is 11.6 Å². The average Bonchev–Trinajstić information content (AvgIpc) is 2.51. The van der Waals surface area contributed by atoms with Crippen LogP contribution in [0.3, 0.4) is 0 Å². The summed E-state index contributed by atoms with van der Waals surface area (Å²) in [5.74, 6) is -1.31. The minimum atomic E-state index is -0.660. The van der Waals surface area contributed by atoms with Gasteiger partial charge < -0.3 is 4.74 Å². The maximum atomic E-state index is 14.2. The Morgan fingerprint density at radius 1 is 1.18 bits per heavy atom. The summed E-state index contributed by atoms with van der Waals surface area (Å²) in [5, 5.41) is 7.86. The number of aryl methyl sites for hydroxylation is 1. The van der Waals surface area contributed by atoms with E-state index in [2.05, 4.69) is 10.2 Å². The molecule has 0 amide bonds. The second-order valence-corrected chi connectivity index (χ2v) is 5.73. The fourth-order valence-electron chi connectivity index (χ4n) is 2.96. The Labute approximate surface area is 132 Å². The molecule has 1 fully saturated rings. The lowest BCUT2D eigenvalue weighted by atomic mass is 9.87. The molecule has 0 spiro atoms. The molecule has 0 aliphatic carbocycles. The Balaban J connectivity index is 2.24. The largest absolute Gasteiger partial charge is 0.381 e. The molecule has 116 valence electrons. The number of aromatic nitrogens is 2. The van der Waals surface area contributed by atoms with E-state index in [0.29, 0.717) is 24.5 Å². The third kappa shape index (κ3) is 2.71. The number of halogens is 3. The number of benzene rings is 1. The zero-order valence-corrected chi connectivity index (χ0v) is 12.8. The van der Waals surface area contributed by atoms with E-state index in [4.69, 9.17) is 16.3 Å². The van der Waals surface area contributed by atoms with Crippen LogP contribution in [0.15, 0.2) is 18.2 Å². The Morgan fingerprint density at radius 3 is 2.55 bits per heavy atom. The van der Waals surface area contributed by atoms with Crippen LogP contribution in [0.2, 0.25) is 5.15 Å². The van der Waals surface area contributed by atoms with Crippen LogP contribution in [0.4, 0.5) is 8.78 Å². The topological polar surface area (TPSA) is 35.0 Å². The Kier molecular flexibility index (Phi) is 4.36. The molecule has 1 unspecified atom stereocenters. The number of rotatable bonds is 2. The summed E-state index contributed by atoms with van der Waals surface area (Å²) in [6.07, 6.45) is 1.76. The zero-order chi connectivity index (χ0) is 15.7. The molecule has 1 saturated heterocycles. The number of nitrogens with zero attached hydrogens (tertiary/aromatic N) is 2. The van der Waals surface area contributed by atoms with Gasteiger partial charge in [0.15, 0.2) is 5.15 Å². The van der Waals surface area contributed by atoms with Crippen molar-refractivity contribution in [3.63, 3.8) is 0 Å². The van der Waals surface area contributed by atoms with E-state index in [0.717, 1.165) is 18.4 Å². The standard InChI is InChI=1S/C16H15ClF2N2O/c1-9-13(10-4-3-7-22-8-10)15(16(17)21-20-9)14-11(18)5-2-6-12(14)19/h2,5-6,10H,3-4,7-8H2,1H3. The summed E-state index contributed by atoms with van der Waals surface area (Å²) in [4.78, 5) is 0. The van der Waals surface area contributed by atoms with Gasteiger partial charge in [0, 0.05) is 18.1 Å². The van der Waals surface area contributed by atoms with Gasteiger partial charge in [0.1, 0.15) is 11.6 Å². The summed E-state index contributed by atoms with van der Waals surface area (Å²) < 4.78 is 33.9. The molecule has 3 nitrogen and oxygen atoms in total. The van der Waals surface area contributed by atoms with Crippen molar-refractivity contribution >= 4 is 11.6 Å². The van der Waals surface area contributed by atoms with E-state index < -0.39 is 11.6 Å². The molecular weight excluding hydrogens is 310 g/mol. The number of hydrogen-bond acceptors (Lipinski definition) is 3. The third-order valence-electron chi connectivity index (χ3n) is 3.93. The van der Waals surface area contributed by atoms with Crippen LogP contribution in [-0.2, 0) is 4.74 Å². The summed E-state index contributed by atoms with van der Waals surface area (Å²) in [7, 11) is 0. The number of hydrogen-bond donors (Lipinski definition) is 0. The first-order chi connectivity index (χ1) is 10.6. The summed E-state index contributed by atoms with van der Waals surface area (Å²) in [6, 6.07) is 3.75. The maximum absolute atomic E-state index is 14.2. The molecule has 2 heterocycles. The molecule has 1 aliphatic heterocycles. The van der Waals surface area contributed by atoms with Crippen molar-refractivity contribution in [2.45, 2.75) is 25.7 Å². The van der Waals surface area contributed by atoms with Gasteiger partial charge in [-0.3, -0.25) is 0 Å². The highest BCUT2D eigenvalue weighted by Gasteiger charge is 2.27. The molecule has 0 radical (unpaired) electrons. The minimum absolute atomic E-state index is 0.00942. The molecule has 1 atom stereocenters. The molecule has 1 aliphatic rings. The van der Waals surface area contributed by atoms with Gasteiger partial charge in [-0.1, -0.05) is 17.7 Å². The molecule has 6 heteroatoms. The number of ether oxygens (including phenoxy) is 1. The molecule has 0 N–H and O–H groups in total. The van der Waals surface area contributed by atoms with E-state index in [1.54, 1.807) is 6.92 Å². The molecule has 22 heavy (non-hydrogen) atoms. The van der Waals surface area contributed by atoms with Crippen molar-refractivity contribution in [2.75, 3.05) is 13.2 Å². The van der Waals surface area contributed by atoms with Crippen LogP contribution in [-0.4, -0.2) is 23.4 Å². The Bertz CT molecular complexity index is 683. The first kappa shape index (κ1) is 15.3. The lowest BCUT2D eigenvalue weighted by molar-refractivity contribution is 0.0802. The Hall–Kier alpha value is -1.59. The van der Waals surface area contributed by atoms with Crippen LogP contribution < -0.4 is 0 Å². The fraction of sp³-hybridized carbons (Fsp3) is 0.375. The van der Waals surface area contributed by atoms with E-state index in [-0.39, 0.29) is 16.6 Å². The highest BCUT2D eigenvalue weighted by molar-refractivity contribution is 6.32. The highest BCUT2D eigenvalue weighted by atomic mass is 35.5. The van der Waals surface area contributed by atoms with E-state index in [9.17, 15) is 8.78 Å². The van der Waals surface area contributed by atoms with Gasteiger partial charge >= 0.3 is 0 Å². The first-order valence-electron chi connectivity index (χ1n) is 7.14. The normalized spacial score (nSPS) is 18.5. The summed E-state index contributed by atoms with van der Waals surface area (Å²) in [5.41, 5.74) is 1.49. The molecule has 0 bridgehead atoms. The van der Waals surface area contributed by atoms with Gasteiger partial charge in [0.25, 0.3) is 0 Å².